The van der Waals surface area contributed by atoms with E-state index in [0.717, 1.165) is 94.0 Å². The molecule has 1 atom stereocenters. The SMILES string of the molecule is CNCc1cc(CN2CCN(C3CC4(CCN(c5cc(Oc6cnc7[nH]ccc7c6)c(C(=O)NS(=O)(=O)c6ccc(NCC7(F)CCOCC7)c([N+](=O)[O-])c6)cc5F)CC4)C3)C(c3ccccc3C(C)C)C2)ccc1OC. The van der Waals surface area contributed by atoms with Gasteiger partial charge in [0.2, 0.25) is 0 Å². The minimum atomic E-state index is -4.79. The highest BCUT2D eigenvalue weighted by Crippen LogP contribution is 2.54. The number of halogens is 2. The van der Waals surface area contributed by atoms with E-state index in [4.69, 9.17) is 14.2 Å². The zero-order chi connectivity index (χ0) is 54.1. The number of alkyl halides is 1. The maximum absolute atomic E-state index is 16.6. The largest absolute Gasteiger partial charge is 0.496 e. The highest BCUT2D eigenvalue weighted by molar-refractivity contribution is 7.90. The average Bonchev–Trinajstić information content (AvgIpc) is 3.89. The number of ether oxygens (including phenoxy) is 3. The van der Waals surface area contributed by atoms with Crippen LogP contribution in [0.3, 0.4) is 0 Å². The number of hydrogen-bond donors (Lipinski definition) is 4. The standard InChI is InChI=1S/C57H67F2N9O8S/c1-37(2)44-7-5-6-8-45(44)51-35-65(34-38-9-12-52(74-4)40(25-38)32-60-3)21-22-67(51)41-30-56(31-41)14-19-66(20-15-56)49-29-53(76-42-26-39-13-18-61-54(39)62-33-42)46(28-47(49)58)55(69)64-77(72,73)43-10-11-48(50(27-43)68(70)71)63-36-57(59)16-23-75-24-17-57/h5-13,18,25-29,33,37,41,51,60,63H,14-17,19-24,30-32,34-36H2,1-4H3,(H,61,62)(H,64,69). The number of fused-ring (bicyclic) bond motifs is 1. The number of pyridine rings is 1. The molecule has 10 rings (SSSR count). The summed E-state index contributed by atoms with van der Waals surface area (Å²) < 4.78 is 78.7. The Bertz CT molecular complexity index is 3240. The fourth-order valence-electron chi connectivity index (χ4n) is 11.9. The van der Waals surface area contributed by atoms with Gasteiger partial charge in [0.25, 0.3) is 21.6 Å². The molecular formula is C57H67F2N9O8S. The Hall–Kier alpha value is -6.71. The number of anilines is 2. The Kier molecular flexibility index (Phi) is 15.6. The van der Waals surface area contributed by atoms with Crippen molar-refractivity contribution in [3.05, 3.63) is 141 Å². The van der Waals surface area contributed by atoms with Crippen LogP contribution in [0, 0.1) is 21.3 Å². The molecule has 408 valence electrons. The van der Waals surface area contributed by atoms with Gasteiger partial charge in [-0.25, -0.2) is 26.9 Å². The Morgan fingerprint density at radius 2 is 1.75 bits per heavy atom. The second kappa shape index (κ2) is 22.3. The van der Waals surface area contributed by atoms with Crippen LogP contribution in [0.5, 0.6) is 17.2 Å². The summed E-state index contributed by atoms with van der Waals surface area (Å²) in [5.74, 6) is -0.628. The first-order valence-corrected chi connectivity index (χ1v) is 27.9. The van der Waals surface area contributed by atoms with Crippen molar-refractivity contribution in [3.8, 4) is 17.2 Å². The molecule has 4 aliphatic rings. The number of methoxy groups -OCH3 is 1. The van der Waals surface area contributed by atoms with Gasteiger partial charge >= 0.3 is 0 Å². The molecule has 17 nitrogen and oxygen atoms in total. The third-order valence-electron chi connectivity index (χ3n) is 16.2. The molecule has 1 amide bonds. The van der Waals surface area contributed by atoms with E-state index in [1.165, 1.54) is 29.0 Å². The number of H-pyrrole nitrogens is 1. The molecule has 2 aromatic heterocycles. The lowest BCUT2D eigenvalue weighted by molar-refractivity contribution is -0.384. The monoisotopic (exact) mass is 1080 g/mol. The highest BCUT2D eigenvalue weighted by Gasteiger charge is 2.50. The number of rotatable bonds is 18. The van der Waals surface area contributed by atoms with Gasteiger partial charge in [-0.2, -0.15) is 0 Å². The van der Waals surface area contributed by atoms with E-state index >= 15 is 8.78 Å². The molecule has 5 heterocycles. The van der Waals surface area contributed by atoms with Gasteiger partial charge in [-0.05, 0) is 103 Å². The zero-order valence-corrected chi connectivity index (χ0v) is 44.8. The van der Waals surface area contributed by atoms with Gasteiger partial charge in [0.15, 0.2) is 0 Å². The van der Waals surface area contributed by atoms with Crippen molar-refractivity contribution < 1.29 is 41.1 Å². The van der Waals surface area contributed by atoms with Gasteiger partial charge in [0, 0.05) is 120 Å². The van der Waals surface area contributed by atoms with Gasteiger partial charge in [0.1, 0.15) is 40.1 Å². The van der Waals surface area contributed by atoms with Crippen molar-refractivity contribution >= 4 is 44.0 Å². The summed E-state index contributed by atoms with van der Waals surface area (Å²) in [5, 5.41) is 18.9. The minimum absolute atomic E-state index is 0.0818. The third kappa shape index (κ3) is 11.6. The molecule has 1 unspecified atom stereocenters. The number of carbonyl (C=O) groups excluding carboxylic acids is 1. The number of hydrogen-bond acceptors (Lipinski definition) is 14. The predicted octanol–water partition coefficient (Wildman–Crippen LogP) is 9.61. The number of carbonyl (C=O) groups is 1. The average molecular weight is 1080 g/mol. The molecule has 0 bridgehead atoms. The van der Waals surface area contributed by atoms with Crippen LogP contribution in [0.4, 0.5) is 25.8 Å². The second-order valence-corrected chi connectivity index (χ2v) is 23.2. The molecule has 6 aromatic rings. The van der Waals surface area contributed by atoms with Crippen molar-refractivity contribution in [2.45, 2.75) is 94.0 Å². The maximum Gasteiger partial charge on any atom is 0.293 e. The predicted molar refractivity (Wildman–Crippen MR) is 291 cm³/mol. The molecule has 1 aliphatic carbocycles. The Morgan fingerprint density at radius 1 is 0.974 bits per heavy atom. The number of benzene rings is 4. The summed E-state index contributed by atoms with van der Waals surface area (Å²) in [6.07, 6.45) is 7.06. The van der Waals surface area contributed by atoms with E-state index in [1.54, 1.807) is 25.4 Å². The number of piperidine rings is 1. The van der Waals surface area contributed by atoms with Crippen molar-refractivity contribution in [1.29, 1.82) is 0 Å². The lowest BCUT2D eigenvalue weighted by Crippen LogP contribution is -2.60. The maximum atomic E-state index is 16.6. The van der Waals surface area contributed by atoms with Gasteiger partial charge in [-0.1, -0.05) is 44.2 Å². The van der Waals surface area contributed by atoms with E-state index in [2.05, 4.69) is 86.7 Å². The fraction of sp³-hybridized carbons (Fsp3) is 0.439. The van der Waals surface area contributed by atoms with Gasteiger partial charge in [0.05, 0.1) is 34.4 Å². The van der Waals surface area contributed by atoms with Crippen LogP contribution in [0.2, 0.25) is 0 Å². The number of nitrogens with one attached hydrogen (secondary N) is 4. The summed E-state index contributed by atoms with van der Waals surface area (Å²) in [5.41, 5.74) is 3.18. The van der Waals surface area contributed by atoms with Crippen molar-refractivity contribution in [2.75, 3.05) is 76.9 Å². The normalized spacial score (nSPS) is 19.1. The number of nitro benzene ring substituents is 1. The van der Waals surface area contributed by atoms with Crippen LogP contribution < -0.4 is 29.7 Å². The van der Waals surface area contributed by atoms with Gasteiger partial charge in [-0.15, -0.1) is 0 Å². The van der Waals surface area contributed by atoms with Crippen LogP contribution in [-0.2, 0) is 27.8 Å². The van der Waals surface area contributed by atoms with Crippen LogP contribution in [0.1, 0.15) is 96.9 Å². The number of aromatic nitrogens is 2. The quantitative estimate of drug-likeness (QED) is 0.0469. The number of amides is 1. The lowest BCUT2D eigenvalue weighted by atomic mass is 9.59. The fourth-order valence-corrected chi connectivity index (χ4v) is 12.9. The number of sulfonamides is 1. The van der Waals surface area contributed by atoms with E-state index in [9.17, 15) is 23.3 Å². The van der Waals surface area contributed by atoms with Crippen molar-refractivity contribution in [1.82, 2.24) is 29.8 Å². The van der Waals surface area contributed by atoms with Crippen LogP contribution >= 0.6 is 0 Å². The smallest absolute Gasteiger partial charge is 0.293 e. The van der Waals surface area contributed by atoms with Crippen LogP contribution in [0.25, 0.3) is 11.0 Å². The first-order valence-electron chi connectivity index (χ1n) is 26.5. The van der Waals surface area contributed by atoms with Crippen molar-refractivity contribution in [3.63, 3.8) is 0 Å². The van der Waals surface area contributed by atoms with E-state index < -0.39 is 48.5 Å². The summed E-state index contributed by atoms with van der Waals surface area (Å²) in [6, 6.07) is 24.8. The molecule has 0 radical (unpaired) electrons. The first-order chi connectivity index (χ1) is 37.0. The highest BCUT2D eigenvalue weighted by atomic mass is 32.2. The summed E-state index contributed by atoms with van der Waals surface area (Å²) in [7, 11) is -1.14. The van der Waals surface area contributed by atoms with Crippen LogP contribution in [0.15, 0.2) is 102 Å². The first kappa shape index (κ1) is 53.7. The van der Waals surface area contributed by atoms with Gasteiger partial charge < -0.3 is 34.7 Å². The number of nitrogens with zero attached hydrogens (tertiary/aromatic N) is 5. The van der Waals surface area contributed by atoms with E-state index in [-0.39, 0.29) is 66.9 Å². The molecule has 3 aliphatic heterocycles. The molecule has 4 aromatic carbocycles. The molecule has 4 fully saturated rings. The summed E-state index contributed by atoms with van der Waals surface area (Å²) >= 11 is 0. The van der Waals surface area contributed by atoms with Crippen molar-refractivity contribution in [2.24, 2.45) is 5.41 Å². The number of aromatic amines is 1. The van der Waals surface area contributed by atoms with E-state index in [0.29, 0.717) is 36.1 Å². The lowest BCUT2D eigenvalue weighted by Gasteiger charge is -2.58. The van der Waals surface area contributed by atoms with Gasteiger partial charge in [-0.3, -0.25) is 24.7 Å². The minimum Gasteiger partial charge on any atom is -0.496 e. The molecule has 4 N–H and O–H groups in total. The molecular weight excluding hydrogens is 1010 g/mol. The number of nitro groups is 1. The molecule has 3 saturated heterocycles. The Morgan fingerprint density at radius 3 is 2.49 bits per heavy atom. The second-order valence-electron chi connectivity index (χ2n) is 21.5. The Labute approximate surface area is 447 Å². The third-order valence-corrected chi connectivity index (χ3v) is 17.5. The zero-order valence-electron chi connectivity index (χ0n) is 43.9. The topological polar surface area (TPSA) is 197 Å². The molecule has 1 saturated carbocycles. The molecule has 1 spiro atoms. The molecule has 20 heteroatoms. The summed E-state index contributed by atoms with van der Waals surface area (Å²) in [6.45, 7) is 10.1. The summed E-state index contributed by atoms with van der Waals surface area (Å²) in [4.78, 5) is 39.5. The Balaban J connectivity index is 0.850. The number of piperazine rings is 1. The molecule has 77 heavy (non-hydrogen) atoms. The van der Waals surface area contributed by atoms with Crippen LogP contribution in [-0.4, -0.2) is 117 Å². The van der Waals surface area contributed by atoms with E-state index in [1.807, 2.05) is 16.7 Å².